The van der Waals surface area contributed by atoms with Crippen LogP contribution in [0.5, 0.6) is 0 Å². The summed E-state index contributed by atoms with van der Waals surface area (Å²) in [4.78, 5) is 21.7. The van der Waals surface area contributed by atoms with Crippen LogP contribution in [0.3, 0.4) is 0 Å². The van der Waals surface area contributed by atoms with Gasteiger partial charge in [0.1, 0.15) is 11.4 Å². The highest BCUT2D eigenvalue weighted by atomic mass is 16.6. The highest BCUT2D eigenvalue weighted by Gasteiger charge is 2.34. The number of ether oxygens (including phenoxy) is 1. The number of carbonyl (C=O) groups excluding carboxylic acids is 1. The van der Waals surface area contributed by atoms with Crippen LogP contribution in [0, 0.1) is 0 Å². The first-order chi connectivity index (χ1) is 12.3. The minimum atomic E-state index is -0.499. The van der Waals surface area contributed by atoms with Crippen molar-refractivity contribution in [3.05, 3.63) is 23.9 Å². The van der Waals surface area contributed by atoms with Gasteiger partial charge in [-0.15, -0.1) is 0 Å². The highest BCUT2D eigenvalue weighted by Crippen LogP contribution is 2.35. The second-order valence-electron chi connectivity index (χ2n) is 8.87. The van der Waals surface area contributed by atoms with Gasteiger partial charge in [0, 0.05) is 24.3 Å². The molecule has 0 spiro atoms. The fourth-order valence-electron chi connectivity index (χ4n) is 3.89. The zero-order chi connectivity index (χ0) is 18.9. The lowest BCUT2D eigenvalue weighted by Crippen LogP contribution is -2.47. The number of aromatic nitrogens is 1. The second kappa shape index (κ2) is 7.55. The van der Waals surface area contributed by atoms with Gasteiger partial charge in [-0.2, -0.15) is 0 Å². The van der Waals surface area contributed by atoms with Crippen LogP contribution >= 0.6 is 0 Å². The van der Waals surface area contributed by atoms with E-state index in [0.717, 1.165) is 25.8 Å². The quantitative estimate of drug-likeness (QED) is 0.765. The third-order valence-corrected chi connectivity index (χ3v) is 5.39. The summed E-state index contributed by atoms with van der Waals surface area (Å²) < 4.78 is 5.63. The summed E-state index contributed by atoms with van der Waals surface area (Å²) >= 11 is 0. The lowest BCUT2D eigenvalue weighted by atomic mass is 9.91. The maximum absolute atomic E-state index is 12.7. The van der Waals surface area contributed by atoms with Gasteiger partial charge in [0.2, 0.25) is 0 Å². The molecular weight excluding hydrogens is 326 g/mol. The molecule has 2 heterocycles. The molecule has 26 heavy (non-hydrogen) atoms. The van der Waals surface area contributed by atoms with Crippen LogP contribution in [-0.2, 0) is 4.74 Å². The van der Waals surface area contributed by atoms with Crippen LogP contribution < -0.4 is 4.90 Å². The molecule has 0 radical (unpaired) electrons. The van der Waals surface area contributed by atoms with E-state index in [9.17, 15) is 4.79 Å². The summed E-state index contributed by atoms with van der Waals surface area (Å²) in [7, 11) is 0. The zero-order valence-corrected chi connectivity index (χ0v) is 16.9. The Kier molecular flexibility index (Phi) is 5.56. The smallest absolute Gasteiger partial charge is 0.416 e. The maximum Gasteiger partial charge on any atom is 0.416 e. The van der Waals surface area contributed by atoms with Crippen molar-refractivity contribution in [3.8, 4) is 0 Å². The largest absolute Gasteiger partial charge is 0.443 e. The summed E-state index contributed by atoms with van der Waals surface area (Å²) in [5.74, 6) is 0.710. The molecule has 1 atom stereocenters. The Labute approximate surface area is 157 Å². The number of hydrogen-bond donors (Lipinski definition) is 0. The van der Waals surface area contributed by atoms with E-state index in [-0.39, 0.29) is 12.1 Å². The standard InChI is InChI=1S/C21H33N3O2/c1-15(2)23-13-7-10-18(23)16-11-12-19(22-14-16)24(17-8-6-9-17)20(25)26-21(3,4)5/h11-12,14-15,17-18H,6-10,13H2,1-5H3/t18-/m0/s1. The first-order valence-corrected chi connectivity index (χ1v) is 10.00. The van der Waals surface area contributed by atoms with Crippen molar-refractivity contribution >= 4 is 11.9 Å². The average Bonchev–Trinajstić information content (AvgIpc) is 2.99. The monoisotopic (exact) mass is 359 g/mol. The van der Waals surface area contributed by atoms with E-state index < -0.39 is 5.60 Å². The number of amides is 1. The van der Waals surface area contributed by atoms with E-state index in [1.807, 2.05) is 33.0 Å². The Morgan fingerprint density at radius 3 is 2.46 bits per heavy atom. The van der Waals surface area contributed by atoms with Crippen molar-refractivity contribution in [2.45, 2.75) is 90.4 Å². The molecule has 5 heteroatoms. The van der Waals surface area contributed by atoms with Crippen molar-refractivity contribution in [1.82, 2.24) is 9.88 Å². The Morgan fingerprint density at radius 2 is 1.96 bits per heavy atom. The van der Waals surface area contributed by atoms with Crippen LogP contribution in [0.1, 0.15) is 78.3 Å². The van der Waals surface area contributed by atoms with Crippen molar-refractivity contribution in [3.63, 3.8) is 0 Å². The fraction of sp³-hybridized carbons (Fsp3) is 0.714. The summed E-state index contributed by atoms with van der Waals surface area (Å²) in [5.41, 5.74) is 0.748. The van der Waals surface area contributed by atoms with E-state index in [1.165, 1.54) is 18.4 Å². The molecular formula is C21H33N3O2. The predicted molar refractivity (Wildman–Crippen MR) is 104 cm³/mol. The third kappa shape index (κ3) is 4.20. The van der Waals surface area contributed by atoms with Gasteiger partial charge in [0.25, 0.3) is 0 Å². The normalized spacial score (nSPS) is 21.7. The minimum absolute atomic E-state index is 0.210. The fourth-order valence-corrected chi connectivity index (χ4v) is 3.89. The van der Waals surface area contributed by atoms with Gasteiger partial charge in [-0.25, -0.2) is 9.78 Å². The van der Waals surface area contributed by atoms with Crippen LogP contribution in [-0.4, -0.2) is 40.2 Å². The van der Waals surface area contributed by atoms with Gasteiger partial charge in [-0.3, -0.25) is 9.80 Å². The Bertz CT molecular complexity index is 617. The van der Waals surface area contributed by atoms with Crippen molar-refractivity contribution in [2.75, 3.05) is 11.4 Å². The molecule has 2 aliphatic rings. The van der Waals surface area contributed by atoms with E-state index in [2.05, 4.69) is 29.8 Å². The summed E-state index contributed by atoms with van der Waals surface area (Å²) in [5, 5.41) is 0. The molecule has 1 aliphatic heterocycles. The van der Waals surface area contributed by atoms with Gasteiger partial charge in [0.05, 0.1) is 0 Å². The third-order valence-electron chi connectivity index (χ3n) is 5.39. The van der Waals surface area contributed by atoms with E-state index in [1.54, 1.807) is 4.90 Å². The molecule has 2 fully saturated rings. The van der Waals surface area contributed by atoms with Crippen molar-refractivity contribution in [2.24, 2.45) is 0 Å². The first-order valence-electron chi connectivity index (χ1n) is 10.00. The first kappa shape index (κ1) is 19.2. The number of pyridine rings is 1. The van der Waals surface area contributed by atoms with E-state index in [4.69, 9.17) is 4.74 Å². The molecule has 0 N–H and O–H groups in total. The summed E-state index contributed by atoms with van der Waals surface area (Å²) in [6, 6.07) is 5.32. The minimum Gasteiger partial charge on any atom is -0.443 e. The molecule has 5 nitrogen and oxygen atoms in total. The second-order valence-corrected chi connectivity index (χ2v) is 8.87. The zero-order valence-electron chi connectivity index (χ0n) is 16.9. The number of hydrogen-bond acceptors (Lipinski definition) is 4. The molecule has 144 valence electrons. The van der Waals surface area contributed by atoms with Crippen LogP contribution in [0.2, 0.25) is 0 Å². The topological polar surface area (TPSA) is 45.7 Å². The number of carbonyl (C=O) groups is 1. The molecule has 1 saturated heterocycles. The highest BCUT2D eigenvalue weighted by molar-refractivity contribution is 5.87. The summed E-state index contributed by atoms with van der Waals surface area (Å²) in [6.07, 6.45) is 7.28. The molecule has 0 aromatic carbocycles. The molecule has 1 aliphatic carbocycles. The number of nitrogens with zero attached hydrogens (tertiary/aromatic N) is 3. The van der Waals surface area contributed by atoms with Gasteiger partial charge < -0.3 is 4.74 Å². The maximum atomic E-state index is 12.7. The molecule has 1 saturated carbocycles. The van der Waals surface area contributed by atoms with Crippen LogP contribution in [0.4, 0.5) is 10.6 Å². The van der Waals surface area contributed by atoms with Crippen LogP contribution in [0.25, 0.3) is 0 Å². The molecule has 1 amide bonds. The van der Waals surface area contributed by atoms with Crippen molar-refractivity contribution in [1.29, 1.82) is 0 Å². The number of likely N-dealkylation sites (tertiary alicyclic amines) is 1. The summed E-state index contributed by atoms with van der Waals surface area (Å²) in [6.45, 7) is 11.4. The Balaban J connectivity index is 1.79. The van der Waals surface area contributed by atoms with Gasteiger partial charge in [0.15, 0.2) is 0 Å². The van der Waals surface area contributed by atoms with Crippen molar-refractivity contribution < 1.29 is 9.53 Å². The number of anilines is 1. The Hall–Kier alpha value is -1.62. The predicted octanol–water partition coefficient (Wildman–Crippen LogP) is 4.92. The lowest BCUT2D eigenvalue weighted by Gasteiger charge is -2.37. The molecule has 0 unspecified atom stereocenters. The SMILES string of the molecule is CC(C)N1CCC[C@H]1c1ccc(N(C(=O)OC(C)(C)C)C2CCC2)nc1. The lowest BCUT2D eigenvalue weighted by molar-refractivity contribution is 0.0548. The van der Waals surface area contributed by atoms with Gasteiger partial charge >= 0.3 is 6.09 Å². The van der Waals surface area contributed by atoms with E-state index in [0.29, 0.717) is 17.9 Å². The van der Waals surface area contributed by atoms with Gasteiger partial charge in [-0.05, 0) is 84.9 Å². The molecule has 3 rings (SSSR count). The average molecular weight is 360 g/mol. The molecule has 1 aromatic heterocycles. The molecule has 1 aromatic rings. The number of rotatable bonds is 4. The molecule has 0 bridgehead atoms. The van der Waals surface area contributed by atoms with Gasteiger partial charge in [-0.1, -0.05) is 6.07 Å². The van der Waals surface area contributed by atoms with Crippen LogP contribution in [0.15, 0.2) is 18.3 Å². The van der Waals surface area contributed by atoms with E-state index >= 15 is 0 Å². The Morgan fingerprint density at radius 1 is 1.23 bits per heavy atom.